The van der Waals surface area contributed by atoms with Crippen LogP contribution in [-0.2, 0) is 4.74 Å². The number of aromatic nitrogens is 1. The smallest absolute Gasteiger partial charge is 0.341 e. The molecule has 0 saturated carbocycles. The van der Waals surface area contributed by atoms with Gasteiger partial charge in [-0.2, -0.15) is 0 Å². The van der Waals surface area contributed by atoms with E-state index < -0.39 is 17.6 Å². The van der Waals surface area contributed by atoms with Crippen LogP contribution in [0.25, 0.3) is 10.9 Å². The van der Waals surface area contributed by atoms with Crippen molar-refractivity contribution in [1.29, 1.82) is 0 Å². The van der Waals surface area contributed by atoms with Crippen LogP contribution in [0.5, 0.6) is 0 Å². The van der Waals surface area contributed by atoms with E-state index in [2.05, 4.69) is 9.72 Å². The van der Waals surface area contributed by atoms with Crippen LogP contribution in [0.15, 0.2) is 12.3 Å². The normalized spacial score (nSPS) is 10.7. The molecule has 6 heteroatoms. The number of carbonyl (C=O) groups is 1. The number of fused-ring (bicyclic) bond motifs is 1. The maximum atomic E-state index is 13.9. The minimum absolute atomic E-state index is 0.0890. The van der Waals surface area contributed by atoms with Crippen molar-refractivity contribution in [3.05, 3.63) is 35.0 Å². The van der Waals surface area contributed by atoms with E-state index in [0.29, 0.717) is 0 Å². The molecular formula is C12H10F2N2O2. The SMILES string of the molecule is COC(=O)c1cnc2c(F)cc(C)c(F)c2c1N. The third-order valence-corrected chi connectivity index (χ3v) is 2.66. The summed E-state index contributed by atoms with van der Waals surface area (Å²) in [6, 6.07) is 1.03. The summed E-state index contributed by atoms with van der Waals surface area (Å²) in [6.07, 6.45) is 1.07. The zero-order chi connectivity index (χ0) is 13.4. The largest absolute Gasteiger partial charge is 0.465 e. The molecule has 1 heterocycles. The van der Waals surface area contributed by atoms with Crippen LogP contribution in [0.1, 0.15) is 15.9 Å². The molecule has 4 nitrogen and oxygen atoms in total. The van der Waals surface area contributed by atoms with Crippen LogP contribution >= 0.6 is 0 Å². The van der Waals surface area contributed by atoms with Gasteiger partial charge in [-0.25, -0.2) is 13.6 Å². The lowest BCUT2D eigenvalue weighted by molar-refractivity contribution is 0.0601. The number of aryl methyl sites for hydroxylation is 1. The molecule has 0 amide bonds. The monoisotopic (exact) mass is 252 g/mol. The van der Waals surface area contributed by atoms with Gasteiger partial charge in [0.1, 0.15) is 22.7 Å². The van der Waals surface area contributed by atoms with Gasteiger partial charge in [-0.15, -0.1) is 0 Å². The van der Waals surface area contributed by atoms with Gasteiger partial charge in [0.05, 0.1) is 18.2 Å². The molecule has 2 aromatic rings. The van der Waals surface area contributed by atoms with Crippen LogP contribution in [0.2, 0.25) is 0 Å². The minimum Gasteiger partial charge on any atom is -0.465 e. The molecule has 0 bridgehead atoms. The number of hydrogen-bond acceptors (Lipinski definition) is 4. The highest BCUT2D eigenvalue weighted by atomic mass is 19.1. The lowest BCUT2D eigenvalue weighted by atomic mass is 10.1. The van der Waals surface area contributed by atoms with Crippen molar-refractivity contribution in [1.82, 2.24) is 4.98 Å². The third kappa shape index (κ3) is 1.66. The standard InChI is InChI=1S/C12H10F2N2O2/c1-5-3-7(13)11-8(9(5)14)10(15)6(4-16-11)12(17)18-2/h3-4H,1-2H3,(H2,15,16). The molecule has 0 atom stereocenters. The lowest BCUT2D eigenvalue weighted by Crippen LogP contribution is -2.08. The molecule has 0 unspecified atom stereocenters. The third-order valence-electron chi connectivity index (χ3n) is 2.66. The van der Waals surface area contributed by atoms with E-state index in [1.807, 2.05) is 0 Å². The fourth-order valence-electron chi connectivity index (χ4n) is 1.72. The molecule has 1 aromatic carbocycles. The number of hydrogen-bond donors (Lipinski definition) is 1. The summed E-state index contributed by atoms with van der Waals surface area (Å²) in [5.41, 5.74) is 5.31. The van der Waals surface area contributed by atoms with E-state index in [9.17, 15) is 13.6 Å². The van der Waals surface area contributed by atoms with Gasteiger partial charge in [-0.1, -0.05) is 0 Å². The molecule has 1 aromatic heterocycles. The maximum absolute atomic E-state index is 13.9. The van der Waals surface area contributed by atoms with Gasteiger partial charge in [-0.05, 0) is 18.6 Å². The molecule has 18 heavy (non-hydrogen) atoms. The quantitative estimate of drug-likeness (QED) is 0.790. The number of benzene rings is 1. The van der Waals surface area contributed by atoms with Crippen LogP contribution in [-0.4, -0.2) is 18.1 Å². The predicted molar refractivity (Wildman–Crippen MR) is 62.1 cm³/mol. The molecule has 94 valence electrons. The van der Waals surface area contributed by atoms with Crippen LogP contribution in [0.3, 0.4) is 0 Å². The number of ether oxygens (including phenoxy) is 1. The summed E-state index contributed by atoms with van der Waals surface area (Å²) >= 11 is 0. The molecule has 2 N–H and O–H groups in total. The summed E-state index contributed by atoms with van der Waals surface area (Å²) in [5.74, 6) is -2.13. The van der Waals surface area contributed by atoms with E-state index in [4.69, 9.17) is 5.73 Å². The Hall–Kier alpha value is -2.24. The number of anilines is 1. The fourth-order valence-corrected chi connectivity index (χ4v) is 1.72. The Bertz CT molecular complexity index is 656. The molecule has 2 rings (SSSR count). The summed E-state index contributed by atoms with van der Waals surface area (Å²) in [5, 5.41) is -0.199. The van der Waals surface area contributed by atoms with E-state index in [0.717, 1.165) is 12.3 Å². The first kappa shape index (κ1) is 12.2. The Morgan fingerprint density at radius 1 is 1.44 bits per heavy atom. The number of nitrogen functional groups attached to an aromatic ring is 1. The minimum atomic E-state index is -0.747. The number of halogens is 2. The average Bonchev–Trinajstić information content (AvgIpc) is 2.35. The topological polar surface area (TPSA) is 65.2 Å². The van der Waals surface area contributed by atoms with Gasteiger partial charge >= 0.3 is 5.97 Å². The number of nitrogens with zero attached hydrogens (tertiary/aromatic N) is 1. The number of nitrogens with two attached hydrogens (primary N) is 1. The number of carbonyl (C=O) groups excluding carboxylic acids is 1. The van der Waals surface area contributed by atoms with Crippen molar-refractivity contribution in [2.75, 3.05) is 12.8 Å². The highest BCUT2D eigenvalue weighted by Crippen LogP contribution is 2.29. The van der Waals surface area contributed by atoms with Gasteiger partial charge in [0.2, 0.25) is 0 Å². The lowest BCUT2D eigenvalue weighted by Gasteiger charge is -2.09. The average molecular weight is 252 g/mol. The molecule has 0 aliphatic heterocycles. The van der Waals surface area contributed by atoms with E-state index in [1.165, 1.54) is 14.0 Å². The summed E-state index contributed by atoms with van der Waals surface area (Å²) in [6.45, 7) is 1.40. The highest BCUT2D eigenvalue weighted by molar-refractivity contribution is 6.04. The zero-order valence-corrected chi connectivity index (χ0v) is 9.75. The second-order valence-corrected chi connectivity index (χ2v) is 3.79. The first-order chi connectivity index (χ1) is 8.47. The van der Waals surface area contributed by atoms with Gasteiger partial charge in [-0.3, -0.25) is 4.98 Å². The summed E-state index contributed by atoms with van der Waals surface area (Å²) in [7, 11) is 1.17. The second kappa shape index (κ2) is 4.21. The first-order valence-corrected chi connectivity index (χ1v) is 5.08. The fraction of sp³-hybridized carbons (Fsp3) is 0.167. The molecule has 0 radical (unpaired) electrons. The van der Waals surface area contributed by atoms with Crippen molar-refractivity contribution in [3.8, 4) is 0 Å². The number of pyridine rings is 1. The molecule has 0 aliphatic rings. The van der Waals surface area contributed by atoms with Gasteiger partial charge < -0.3 is 10.5 Å². The van der Waals surface area contributed by atoms with Crippen LogP contribution in [0, 0.1) is 18.6 Å². The Morgan fingerprint density at radius 2 is 2.11 bits per heavy atom. The highest BCUT2D eigenvalue weighted by Gasteiger charge is 2.19. The summed E-state index contributed by atoms with van der Waals surface area (Å²) in [4.78, 5) is 15.1. The van der Waals surface area contributed by atoms with E-state index >= 15 is 0 Å². The Morgan fingerprint density at radius 3 is 2.72 bits per heavy atom. The molecule has 0 saturated heterocycles. The molecule has 0 aliphatic carbocycles. The predicted octanol–water partition coefficient (Wildman–Crippen LogP) is 2.19. The van der Waals surface area contributed by atoms with Gasteiger partial charge in [0.15, 0.2) is 0 Å². The van der Waals surface area contributed by atoms with E-state index in [1.54, 1.807) is 0 Å². The van der Waals surface area contributed by atoms with Crippen LogP contribution in [0.4, 0.5) is 14.5 Å². The first-order valence-electron chi connectivity index (χ1n) is 5.08. The van der Waals surface area contributed by atoms with Crippen molar-refractivity contribution >= 4 is 22.6 Å². The Balaban J connectivity index is 2.89. The maximum Gasteiger partial charge on any atom is 0.341 e. The molecule has 0 spiro atoms. The van der Waals surface area contributed by atoms with Crippen molar-refractivity contribution < 1.29 is 18.3 Å². The summed E-state index contributed by atoms with van der Waals surface area (Å²) < 4.78 is 32.1. The van der Waals surface area contributed by atoms with Crippen molar-refractivity contribution in [2.45, 2.75) is 6.92 Å². The Labute approximate surface area is 101 Å². The number of methoxy groups -OCH3 is 1. The van der Waals surface area contributed by atoms with E-state index in [-0.39, 0.29) is 27.7 Å². The zero-order valence-electron chi connectivity index (χ0n) is 9.75. The molecule has 0 fully saturated rings. The van der Waals surface area contributed by atoms with Gasteiger partial charge in [0, 0.05) is 6.20 Å². The second-order valence-electron chi connectivity index (χ2n) is 3.79. The van der Waals surface area contributed by atoms with Crippen molar-refractivity contribution in [2.24, 2.45) is 0 Å². The Kier molecular flexibility index (Phi) is 2.86. The van der Waals surface area contributed by atoms with Crippen molar-refractivity contribution in [3.63, 3.8) is 0 Å². The number of esters is 1. The number of rotatable bonds is 1. The van der Waals surface area contributed by atoms with Gasteiger partial charge in [0.25, 0.3) is 0 Å². The van der Waals surface area contributed by atoms with Crippen LogP contribution < -0.4 is 5.73 Å². The molecular weight excluding hydrogens is 242 g/mol.